The molecule has 106 valence electrons. The Kier molecular flexibility index (Phi) is 3.39. The van der Waals surface area contributed by atoms with Crippen molar-refractivity contribution in [1.82, 2.24) is 15.2 Å². The van der Waals surface area contributed by atoms with Crippen molar-refractivity contribution in [3.8, 4) is 0 Å². The Morgan fingerprint density at radius 2 is 1.95 bits per heavy atom. The summed E-state index contributed by atoms with van der Waals surface area (Å²) in [5.41, 5.74) is 3.28. The van der Waals surface area contributed by atoms with Gasteiger partial charge in [0, 0.05) is 5.39 Å². The van der Waals surface area contributed by atoms with Crippen molar-refractivity contribution in [3.63, 3.8) is 0 Å². The Morgan fingerprint density at radius 3 is 2.67 bits per heavy atom. The molecule has 0 aliphatic carbocycles. The van der Waals surface area contributed by atoms with E-state index >= 15 is 0 Å². The molecule has 3 aromatic rings. The number of rotatable bonds is 2. The van der Waals surface area contributed by atoms with Crippen molar-refractivity contribution < 1.29 is 4.79 Å². The number of hydrogen-bond acceptors (Lipinski definition) is 5. The minimum absolute atomic E-state index is 0.209. The number of nitrogens with one attached hydrogen (secondary N) is 1. The van der Waals surface area contributed by atoms with Gasteiger partial charge in [-0.2, -0.15) is 0 Å². The summed E-state index contributed by atoms with van der Waals surface area (Å²) in [6.45, 7) is 5.70. The van der Waals surface area contributed by atoms with E-state index in [1.54, 1.807) is 0 Å². The molecular weight excluding hydrogens is 284 g/mol. The molecule has 0 atom stereocenters. The molecule has 0 bridgehead atoms. The fourth-order valence-corrected chi connectivity index (χ4v) is 2.72. The van der Waals surface area contributed by atoms with Gasteiger partial charge in [-0.05, 0) is 39.0 Å². The first-order valence-corrected chi connectivity index (χ1v) is 7.34. The van der Waals surface area contributed by atoms with Gasteiger partial charge in [-0.3, -0.25) is 15.1 Å². The zero-order valence-electron chi connectivity index (χ0n) is 12.0. The van der Waals surface area contributed by atoms with Gasteiger partial charge in [0.15, 0.2) is 0 Å². The number of benzene rings is 1. The van der Waals surface area contributed by atoms with Crippen LogP contribution >= 0.6 is 11.3 Å². The monoisotopic (exact) mass is 298 g/mol. The Labute approximate surface area is 126 Å². The van der Waals surface area contributed by atoms with Crippen LogP contribution < -0.4 is 5.32 Å². The maximum atomic E-state index is 12.4. The Bertz CT molecular complexity index is 841. The summed E-state index contributed by atoms with van der Waals surface area (Å²) < 4.78 is 0. The van der Waals surface area contributed by atoms with Crippen molar-refractivity contribution in [2.24, 2.45) is 0 Å². The van der Waals surface area contributed by atoms with Gasteiger partial charge in [-0.25, -0.2) is 0 Å². The largest absolute Gasteiger partial charge is 0.296 e. The quantitative estimate of drug-likeness (QED) is 0.788. The lowest BCUT2D eigenvalue weighted by atomic mass is 10.1. The summed E-state index contributed by atoms with van der Waals surface area (Å²) in [6.07, 6.45) is 0. The molecular formula is C15H14N4OS. The van der Waals surface area contributed by atoms with Gasteiger partial charge >= 0.3 is 0 Å². The van der Waals surface area contributed by atoms with Crippen LogP contribution in [0.3, 0.4) is 0 Å². The average molecular weight is 298 g/mol. The van der Waals surface area contributed by atoms with Crippen molar-refractivity contribution in [1.29, 1.82) is 0 Å². The number of pyridine rings is 1. The van der Waals surface area contributed by atoms with Crippen molar-refractivity contribution in [2.75, 3.05) is 5.32 Å². The van der Waals surface area contributed by atoms with E-state index in [2.05, 4.69) is 20.5 Å². The minimum Gasteiger partial charge on any atom is -0.296 e. The summed E-state index contributed by atoms with van der Waals surface area (Å²) in [6, 6.07) is 7.87. The fourth-order valence-electron chi connectivity index (χ4n) is 2.13. The van der Waals surface area contributed by atoms with Gasteiger partial charge < -0.3 is 0 Å². The SMILES string of the molecule is Cc1ccc2nc(C)c(C(=O)Nc3nnc(C)s3)cc2c1. The maximum absolute atomic E-state index is 12.4. The van der Waals surface area contributed by atoms with Gasteiger partial charge in [0.05, 0.1) is 16.8 Å². The van der Waals surface area contributed by atoms with Crippen LogP contribution in [-0.4, -0.2) is 21.1 Å². The summed E-state index contributed by atoms with van der Waals surface area (Å²) in [7, 11) is 0. The van der Waals surface area contributed by atoms with E-state index in [9.17, 15) is 4.79 Å². The van der Waals surface area contributed by atoms with E-state index in [0.29, 0.717) is 16.4 Å². The highest BCUT2D eigenvalue weighted by molar-refractivity contribution is 7.15. The van der Waals surface area contributed by atoms with Crippen LogP contribution in [0.15, 0.2) is 24.3 Å². The third kappa shape index (κ3) is 2.75. The van der Waals surface area contributed by atoms with E-state index in [-0.39, 0.29) is 5.91 Å². The molecule has 6 heteroatoms. The molecule has 2 heterocycles. The summed E-state index contributed by atoms with van der Waals surface area (Å²) in [4.78, 5) is 16.9. The first kappa shape index (κ1) is 13.6. The van der Waals surface area contributed by atoms with Gasteiger partial charge in [-0.1, -0.05) is 23.0 Å². The van der Waals surface area contributed by atoms with Crippen molar-refractivity contribution >= 4 is 33.3 Å². The van der Waals surface area contributed by atoms with Gasteiger partial charge in [-0.15, -0.1) is 10.2 Å². The predicted molar refractivity (Wildman–Crippen MR) is 83.8 cm³/mol. The van der Waals surface area contributed by atoms with E-state index in [1.807, 2.05) is 45.0 Å². The molecule has 0 saturated carbocycles. The topological polar surface area (TPSA) is 67.8 Å². The molecule has 0 radical (unpaired) electrons. The molecule has 0 unspecified atom stereocenters. The smallest absolute Gasteiger partial charge is 0.259 e. The molecule has 1 aromatic carbocycles. The highest BCUT2D eigenvalue weighted by atomic mass is 32.1. The molecule has 0 aliphatic heterocycles. The molecule has 1 amide bonds. The average Bonchev–Trinajstić information content (AvgIpc) is 2.83. The van der Waals surface area contributed by atoms with Crippen LogP contribution in [0.2, 0.25) is 0 Å². The standard InChI is InChI=1S/C15H14N4OS/c1-8-4-5-13-11(6-8)7-12(9(2)16-13)14(20)17-15-19-18-10(3)21-15/h4-7H,1-3H3,(H,17,19,20). The van der Waals surface area contributed by atoms with Gasteiger partial charge in [0.1, 0.15) is 5.01 Å². The van der Waals surface area contributed by atoms with E-state index in [4.69, 9.17) is 0 Å². The third-order valence-electron chi connectivity index (χ3n) is 3.15. The second kappa shape index (κ2) is 5.21. The predicted octanol–water partition coefficient (Wildman–Crippen LogP) is 3.26. The molecule has 0 spiro atoms. The van der Waals surface area contributed by atoms with Crippen LogP contribution in [0.4, 0.5) is 5.13 Å². The first-order chi connectivity index (χ1) is 10.0. The van der Waals surface area contributed by atoms with Crippen molar-refractivity contribution in [2.45, 2.75) is 20.8 Å². The Balaban J connectivity index is 1.98. The lowest BCUT2D eigenvalue weighted by Gasteiger charge is -2.07. The second-order valence-corrected chi connectivity index (χ2v) is 6.08. The minimum atomic E-state index is -0.209. The highest BCUT2D eigenvalue weighted by Crippen LogP contribution is 2.20. The molecule has 1 N–H and O–H groups in total. The lowest BCUT2D eigenvalue weighted by molar-refractivity contribution is 0.102. The normalized spacial score (nSPS) is 10.8. The number of fused-ring (bicyclic) bond motifs is 1. The number of nitrogens with zero attached hydrogens (tertiary/aromatic N) is 3. The number of carbonyl (C=O) groups is 1. The number of carbonyl (C=O) groups excluding carboxylic acids is 1. The molecule has 21 heavy (non-hydrogen) atoms. The van der Waals surface area contributed by atoms with Crippen LogP contribution in [0, 0.1) is 20.8 Å². The first-order valence-electron chi connectivity index (χ1n) is 6.52. The molecule has 5 nitrogen and oxygen atoms in total. The number of aromatic nitrogens is 3. The number of anilines is 1. The zero-order chi connectivity index (χ0) is 15.0. The molecule has 0 aliphatic rings. The Hall–Kier alpha value is -2.34. The summed E-state index contributed by atoms with van der Waals surface area (Å²) in [5.74, 6) is -0.209. The van der Waals surface area contributed by atoms with Crippen molar-refractivity contribution in [3.05, 3.63) is 46.1 Å². The number of aryl methyl sites for hydroxylation is 3. The van der Waals surface area contributed by atoms with Crippen LogP contribution in [-0.2, 0) is 0 Å². The third-order valence-corrected chi connectivity index (χ3v) is 3.91. The lowest BCUT2D eigenvalue weighted by Crippen LogP contribution is -2.14. The molecule has 2 aromatic heterocycles. The highest BCUT2D eigenvalue weighted by Gasteiger charge is 2.13. The second-order valence-electron chi connectivity index (χ2n) is 4.90. The van der Waals surface area contributed by atoms with Crippen LogP contribution in [0.1, 0.15) is 26.6 Å². The Morgan fingerprint density at radius 1 is 1.14 bits per heavy atom. The van der Waals surface area contributed by atoms with Crippen LogP contribution in [0.5, 0.6) is 0 Å². The van der Waals surface area contributed by atoms with Gasteiger partial charge in [0.25, 0.3) is 5.91 Å². The molecule has 0 saturated heterocycles. The van der Waals surface area contributed by atoms with E-state index in [0.717, 1.165) is 21.5 Å². The summed E-state index contributed by atoms with van der Waals surface area (Å²) >= 11 is 1.35. The number of amides is 1. The van der Waals surface area contributed by atoms with E-state index < -0.39 is 0 Å². The fraction of sp³-hybridized carbons (Fsp3) is 0.200. The molecule has 3 rings (SSSR count). The summed E-state index contributed by atoms with van der Waals surface area (Å²) in [5, 5.41) is 12.8. The van der Waals surface area contributed by atoms with E-state index in [1.165, 1.54) is 11.3 Å². The van der Waals surface area contributed by atoms with Gasteiger partial charge in [0.2, 0.25) is 5.13 Å². The molecule has 0 fully saturated rings. The zero-order valence-corrected chi connectivity index (χ0v) is 12.8. The number of hydrogen-bond donors (Lipinski definition) is 1. The van der Waals surface area contributed by atoms with Crippen LogP contribution in [0.25, 0.3) is 10.9 Å². The maximum Gasteiger partial charge on any atom is 0.259 e.